The summed E-state index contributed by atoms with van der Waals surface area (Å²) < 4.78 is 0. The lowest BCUT2D eigenvalue weighted by molar-refractivity contribution is 0.779. The zero-order valence-electron chi connectivity index (χ0n) is 10.6. The van der Waals surface area contributed by atoms with Crippen LogP contribution in [0, 0.1) is 0 Å². The Hall–Kier alpha value is -2.29. The van der Waals surface area contributed by atoms with Crippen LogP contribution < -0.4 is 4.90 Å². The van der Waals surface area contributed by atoms with Crippen LogP contribution in [0.2, 0.25) is 0 Å². The molecule has 0 amide bonds. The van der Waals surface area contributed by atoms with E-state index >= 15 is 0 Å². The Kier molecular flexibility index (Phi) is 2.30. The van der Waals surface area contributed by atoms with Gasteiger partial charge in [-0.1, -0.05) is 24.3 Å². The molecule has 0 saturated heterocycles. The van der Waals surface area contributed by atoms with Gasteiger partial charge in [0.1, 0.15) is 5.82 Å². The topological polar surface area (TPSA) is 31.9 Å². The fraction of sp³-hybridized carbons (Fsp3) is 0.188. The lowest BCUT2D eigenvalue weighted by atomic mass is 10.2. The van der Waals surface area contributed by atoms with Gasteiger partial charge in [-0.25, -0.2) is 4.98 Å². The van der Waals surface area contributed by atoms with Gasteiger partial charge < -0.3 is 9.88 Å². The Bertz CT molecular complexity index is 770. The number of anilines is 1. The molecule has 3 heterocycles. The molecule has 0 radical (unpaired) electrons. The molecule has 1 aliphatic heterocycles. The standard InChI is InChI=1S/C16H15N3/c1-4-10-19(11-5-1)15-9-8-14-16(18-15)12-6-2-3-7-13(12)17-14/h2-4,6-10,17H,1,5,11H2. The smallest absolute Gasteiger partial charge is 0.133 e. The van der Waals surface area contributed by atoms with Gasteiger partial charge in [0.15, 0.2) is 0 Å². The third-order valence-corrected chi connectivity index (χ3v) is 3.68. The van der Waals surface area contributed by atoms with Gasteiger partial charge in [-0.15, -0.1) is 0 Å². The predicted octanol–water partition coefficient (Wildman–Crippen LogP) is 3.83. The fourth-order valence-electron chi connectivity index (χ4n) is 2.71. The first-order valence-corrected chi connectivity index (χ1v) is 6.72. The maximum atomic E-state index is 4.83. The van der Waals surface area contributed by atoms with Crippen LogP contribution in [0.5, 0.6) is 0 Å². The van der Waals surface area contributed by atoms with Crippen molar-refractivity contribution in [2.75, 3.05) is 11.4 Å². The number of benzene rings is 1. The molecule has 1 aliphatic rings. The molecule has 3 aromatic rings. The fourth-order valence-corrected chi connectivity index (χ4v) is 2.71. The summed E-state index contributed by atoms with van der Waals surface area (Å²) in [4.78, 5) is 10.5. The third-order valence-electron chi connectivity index (χ3n) is 3.68. The van der Waals surface area contributed by atoms with Crippen molar-refractivity contribution < 1.29 is 0 Å². The molecule has 0 saturated carbocycles. The van der Waals surface area contributed by atoms with Crippen molar-refractivity contribution in [3.05, 3.63) is 48.7 Å². The Labute approximate surface area is 111 Å². The number of pyridine rings is 1. The summed E-state index contributed by atoms with van der Waals surface area (Å²) in [6.07, 6.45) is 6.73. The van der Waals surface area contributed by atoms with E-state index in [9.17, 15) is 0 Å². The van der Waals surface area contributed by atoms with E-state index in [2.05, 4.69) is 52.5 Å². The quantitative estimate of drug-likeness (QED) is 0.710. The molecular formula is C16H15N3. The Morgan fingerprint density at radius 1 is 1.05 bits per heavy atom. The van der Waals surface area contributed by atoms with Crippen molar-refractivity contribution in [3.63, 3.8) is 0 Å². The summed E-state index contributed by atoms with van der Waals surface area (Å²) in [5.41, 5.74) is 3.31. The normalized spacial score (nSPS) is 15.5. The van der Waals surface area contributed by atoms with Crippen molar-refractivity contribution in [3.8, 4) is 0 Å². The number of H-pyrrole nitrogens is 1. The van der Waals surface area contributed by atoms with E-state index in [4.69, 9.17) is 4.98 Å². The molecule has 0 fully saturated rings. The van der Waals surface area contributed by atoms with Crippen LogP contribution in [0.15, 0.2) is 48.7 Å². The van der Waals surface area contributed by atoms with Gasteiger partial charge >= 0.3 is 0 Å². The number of aromatic amines is 1. The van der Waals surface area contributed by atoms with E-state index in [-0.39, 0.29) is 0 Å². The van der Waals surface area contributed by atoms with Crippen LogP contribution in [0.3, 0.4) is 0 Å². The number of hydrogen-bond donors (Lipinski definition) is 1. The van der Waals surface area contributed by atoms with E-state index in [0.29, 0.717) is 0 Å². The Morgan fingerprint density at radius 3 is 2.89 bits per heavy atom. The number of nitrogens with zero attached hydrogens (tertiary/aromatic N) is 2. The molecule has 0 spiro atoms. The zero-order valence-corrected chi connectivity index (χ0v) is 10.6. The number of rotatable bonds is 1. The molecule has 0 bridgehead atoms. The second-order valence-electron chi connectivity index (χ2n) is 4.96. The Balaban J connectivity index is 1.92. The van der Waals surface area contributed by atoms with E-state index in [0.717, 1.165) is 28.9 Å². The van der Waals surface area contributed by atoms with E-state index in [1.807, 2.05) is 6.07 Å². The van der Waals surface area contributed by atoms with Gasteiger partial charge in [0.05, 0.1) is 11.0 Å². The summed E-state index contributed by atoms with van der Waals surface area (Å²) in [6.45, 7) is 1.05. The van der Waals surface area contributed by atoms with Crippen molar-refractivity contribution in [1.82, 2.24) is 9.97 Å². The van der Waals surface area contributed by atoms with Crippen LogP contribution in [-0.4, -0.2) is 16.5 Å². The number of aromatic nitrogens is 2. The monoisotopic (exact) mass is 249 g/mol. The molecule has 3 nitrogen and oxygen atoms in total. The third kappa shape index (κ3) is 1.70. The highest BCUT2D eigenvalue weighted by Crippen LogP contribution is 2.26. The molecule has 0 aliphatic carbocycles. The van der Waals surface area contributed by atoms with Crippen molar-refractivity contribution in [2.24, 2.45) is 0 Å². The molecule has 0 unspecified atom stereocenters. The number of para-hydroxylation sites is 1. The summed E-state index contributed by atoms with van der Waals surface area (Å²) >= 11 is 0. The summed E-state index contributed by atoms with van der Waals surface area (Å²) in [5.74, 6) is 1.04. The molecular weight excluding hydrogens is 234 g/mol. The van der Waals surface area contributed by atoms with Gasteiger partial charge in [-0.05, 0) is 31.0 Å². The van der Waals surface area contributed by atoms with Crippen LogP contribution >= 0.6 is 0 Å². The second-order valence-corrected chi connectivity index (χ2v) is 4.96. The molecule has 1 N–H and O–H groups in total. The van der Waals surface area contributed by atoms with Gasteiger partial charge in [-0.2, -0.15) is 0 Å². The molecule has 19 heavy (non-hydrogen) atoms. The number of nitrogens with one attached hydrogen (secondary N) is 1. The molecule has 4 rings (SSSR count). The first-order chi connectivity index (χ1) is 9.42. The van der Waals surface area contributed by atoms with Crippen molar-refractivity contribution in [1.29, 1.82) is 0 Å². The molecule has 94 valence electrons. The zero-order chi connectivity index (χ0) is 12.7. The average Bonchev–Trinajstić information content (AvgIpc) is 2.86. The summed E-state index contributed by atoms with van der Waals surface area (Å²) in [5, 5.41) is 1.19. The lowest BCUT2D eigenvalue weighted by Crippen LogP contribution is -2.20. The van der Waals surface area contributed by atoms with E-state index < -0.39 is 0 Å². The number of fused-ring (bicyclic) bond motifs is 3. The van der Waals surface area contributed by atoms with Crippen LogP contribution in [0.4, 0.5) is 5.82 Å². The van der Waals surface area contributed by atoms with E-state index in [1.54, 1.807) is 0 Å². The predicted molar refractivity (Wildman–Crippen MR) is 79.3 cm³/mol. The van der Waals surface area contributed by atoms with Gasteiger partial charge in [-0.3, -0.25) is 0 Å². The molecule has 1 aromatic carbocycles. The largest absolute Gasteiger partial charge is 0.353 e. The van der Waals surface area contributed by atoms with Gasteiger partial charge in [0.2, 0.25) is 0 Å². The molecule has 2 aromatic heterocycles. The highest BCUT2D eigenvalue weighted by Gasteiger charge is 2.10. The second kappa shape index (κ2) is 4.12. The van der Waals surface area contributed by atoms with Gasteiger partial charge in [0, 0.05) is 23.6 Å². The van der Waals surface area contributed by atoms with Crippen molar-refractivity contribution >= 4 is 27.8 Å². The maximum absolute atomic E-state index is 4.83. The summed E-state index contributed by atoms with van der Waals surface area (Å²) in [7, 11) is 0. The Morgan fingerprint density at radius 2 is 2.00 bits per heavy atom. The van der Waals surface area contributed by atoms with E-state index in [1.165, 1.54) is 18.2 Å². The minimum absolute atomic E-state index is 1.04. The van der Waals surface area contributed by atoms with Crippen molar-refractivity contribution in [2.45, 2.75) is 12.8 Å². The van der Waals surface area contributed by atoms with Gasteiger partial charge in [0.25, 0.3) is 0 Å². The minimum Gasteiger partial charge on any atom is -0.353 e. The first-order valence-electron chi connectivity index (χ1n) is 6.72. The number of hydrogen-bond acceptors (Lipinski definition) is 2. The lowest BCUT2D eigenvalue weighted by Gasteiger charge is -2.22. The number of allylic oxidation sites excluding steroid dienone is 1. The van der Waals surface area contributed by atoms with Crippen LogP contribution in [0.1, 0.15) is 12.8 Å². The highest BCUT2D eigenvalue weighted by molar-refractivity contribution is 6.05. The average molecular weight is 249 g/mol. The van der Waals surface area contributed by atoms with Crippen LogP contribution in [0.25, 0.3) is 21.9 Å². The molecule has 3 heteroatoms. The summed E-state index contributed by atoms with van der Waals surface area (Å²) in [6, 6.07) is 12.5. The first kappa shape index (κ1) is 10.6. The maximum Gasteiger partial charge on any atom is 0.133 e. The molecule has 0 atom stereocenters. The minimum atomic E-state index is 1.04. The highest BCUT2D eigenvalue weighted by atomic mass is 15.2. The van der Waals surface area contributed by atoms with Crippen LogP contribution in [-0.2, 0) is 0 Å². The SMILES string of the molecule is C1=CN(c2ccc3[nH]c4ccccc4c3n2)CCC1.